The van der Waals surface area contributed by atoms with Crippen LogP contribution in [0.4, 0.5) is 0 Å². The van der Waals surface area contributed by atoms with Crippen molar-refractivity contribution in [1.29, 1.82) is 0 Å². The van der Waals surface area contributed by atoms with E-state index in [1.165, 1.54) is 77.0 Å². The highest BCUT2D eigenvalue weighted by molar-refractivity contribution is 7.45. The molecule has 2 unspecified atom stereocenters. The lowest BCUT2D eigenvalue weighted by Gasteiger charge is -2.32. The first kappa shape index (κ1) is 35.0. The average Bonchev–Trinajstić information content (AvgIpc) is 2.78. The summed E-state index contributed by atoms with van der Waals surface area (Å²) >= 11 is 0. The summed E-state index contributed by atoms with van der Waals surface area (Å²) in [5.74, 6) is 0. The van der Waals surface area contributed by atoms with Crippen molar-refractivity contribution >= 4 is 7.82 Å². The predicted octanol–water partition coefficient (Wildman–Crippen LogP) is 6.06. The Morgan fingerprint density at radius 2 is 1.20 bits per heavy atom. The SMILES string of the molecule is CCCCCCCCCCCCCCCCCCC(OP(=O)([O-])OCC[N+](C)(C)C)[C@H](CO)OO. The Kier molecular flexibility index (Phi) is 21.9. The summed E-state index contributed by atoms with van der Waals surface area (Å²) in [5, 5.41) is 18.4. The first-order chi connectivity index (χ1) is 16.6. The summed E-state index contributed by atoms with van der Waals surface area (Å²) in [4.78, 5) is 16.4. The van der Waals surface area contributed by atoms with E-state index in [1.807, 2.05) is 21.1 Å². The second kappa shape index (κ2) is 22.0. The highest BCUT2D eigenvalue weighted by Crippen LogP contribution is 2.41. The molecule has 0 fully saturated rings. The molecule has 0 aromatic heterocycles. The van der Waals surface area contributed by atoms with E-state index in [-0.39, 0.29) is 6.61 Å². The zero-order valence-electron chi connectivity index (χ0n) is 23.1. The standard InChI is InChI=1S/C26H56NO7P/c1-5-6-7-8-9-10-11-12-13-14-15-16-17-18-19-20-21-25(26(24-28)33-29)34-35(30,31)32-23-22-27(2,3)4/h25-26,28H,5-24H2,1-4H3,(H-,29,30,31)/t25?,26-/m0/s1. The van der Waals surface area contributed by atoms with Crippen molar-refractivity contribution < 1.29 is 38.2 Å². The van der Waals surface area contributed by atoms with Crippen LogP contribution in [0.1, 0.15) is 116 Å². The van der Waals surface area contributed by atoms with Crippen molar-refractivity contribution in [2.45, 2.75) is 128 Å². The Morgan fingerprint density at radius 1 is 0.771 bits per heavy atom. The number of rotatable bonds is 26. The van der Waals surface area contributed by atoms with Gasteiger partial charge in [0.05, 0.1) is 33.9 Å². The molecule has 9 heteroatoms. The maximum atomic E-state index is 12.2. The first-order valence-electron chi connectivity index (χ1n) is 14.0. The molecular formula is C26H56NO7P. The Morgan fingerprint density at radius 3 is 1.57 bits per heavy atom. The maximum absolute atomic E-state index is 12.2. The van der Waals surface area contributed by atoms with Crippen LogP contribution in [0.15, 0.2) is 0 Å². The molecule has 0 aliphatic carbocycles. The van der Waals surface area contributed by atoms with Crippen molar-refractivity contribution in [2.24, 2.45) is 0 Å². The Balaban J connectivity index is 3.93. The molecule has 0 heterocycles. The van der Waals surface area contributed by atoms with E-state index in [4.69, 9.17) is 14.3 Å². The Bertz CT molecular complexity index is 512. The molecule has 0 aliphatic heterocycles. The van der Waals surface area contributed by atoms with Crippen molar-refractivity contribution in [3.8, 4) is 0 Å². The number of phosphoric ester groups is 1. The number of hydrogen-bond donors (Lipinski definition) is 2. The molecule has 0 aromatic carbocycles. The zero-order valence-corrected chi connectivity index (χ0v) is 24.0. The van der Waals surface area contributed by atoms with Crippen molar-refractivity contribution in [2.75, 3.05) is 40.9 Å². The Hall–Kier alpha value is -0.0500. The number of phosphoric acid groups is 1. The van der Waals surface area contributed by atoms with Gasteiger partial charge in [-0.3, -0.25) is 9.82 Å². The lowest BCUT2D eigenvalue weighted by molar-refractivity contribution is -0.870. The third kappa shape index (κ3) is 22.8. The molecule has 0 spiro atoms. The van der Waals surface area contributed by atoms with Gasteiger partial charge in [0.15, 0.2) is 0 Å². The van der Waals surface area contributed by atoms with Gasteiger partial charge >= 0.3 is 0 Å². The van der Waals surface area contributed by atoms with E-state index in [0.717, 1.165) is 25.7 Å². The van der Waals surface area contributed by atoms with Crippen LogP contribution < -0.4 is 4.89 Å². The fraction of sp³-hybridized carbons (Fsp3) is 1.00. The van der Waals surface area contributed by atoms with Gasteiger partial charge in [0.25, 0.3) is 7.82 Å². The van der Waals surface area contributed by atoms with Gasteiger partial charge in [-0.2, -0.15) is 0 Å². The molecule has 0 amide bonds. The normalized spacial score (nSPS) is 15.7. The fourth-order valence-electron chi connectivity index (χ4n) is 4.04. The molecule has 3 atom stereocenters. The fourth-order valence-corrected chi connectivity index (χ4v) is 4.98. The molecule has 35 heavy (non-hydrogen) atoms. The van der Waals surface area contributed by atoms with Crippen LogP contribution in [0.2, 0.25) is 0 Å². The molecule has 0 bridgehead atoms. The third-order valence-corrected chi connectivity index (χ3v) is 7.38. The second-order valence-corrected chi connectivity index (χ2v) is 12.2. The topological polar surface area (TPSA) is 108 Å². The van der Waals surface area contributed by atoms with Crippen molar-refractivity contribution in [1.82, 2.24) is 0 Å². The smallest absolute Gasteiger partial charge is 0.268 e. The average molecular weight is 526 g/mol. The van der Waals surface area contributed by atoms with Crippen LogP contribution in [0.5, 0.6) is 0 Å². The van der Waals surface area contributed by atoms with E-state index in [1.54, 1.807) is 0 Å². The van der Waals surface area contributed by atoms with Gasteiger partial charge < -0.3 is 23.5 Å². The predicted molar refractivity (Wildman–Crippen MR) is 140 cm³/mol. The number of aliphatic hydroxyl groups excluding tert-OH is 1. The van der Waals surface area contributed by atoms with Crippen LogP contribution in [-0.4, -0.2) is 68.0 Å². The minimum Gasteiger partial charge on any atom is -0.756 e. The van der Waals surface area contributed by atoms with Gasteiger partial charge in [-0.15, -0.1) is 0 Å². The molecule has 212 valence electrons. The first-order valence-corrected chi connectivity index (χ1v) is 15.5. The van der Waals surface area contributed by atoms with Crippen LogP contribution in [0.25, 0.3) is 0 Å². The van der Waals surface area contributed by atoms with Gasteiger partial charge in [-0.25, -0.2) is 4.89 Å². The molecule has 0 radical (unpaired) electrons. The minimum atomic E-state index is -4.57. The number of unbranched alkanes of at least 4 members (excludes halogenated alkanes) is 15. The van der Waals surface area contributed by atoms with Crippen LogP contribution >= 0.6 is 7.82 Å². The Labute approximate surface area is 215 Å². The molecular weight excluding hydrogens is 469 g/mol. The van der Waals surface area contributed by atoms with Crippen molar-refractivity contribution in [3.63, 3.8) is 0 Å². The molecule has 0 saturated carbocycles. The molecule has 0 aromatic rings. The van der Waals surface area contributed by atoms with Gasteiger partial charge in [0.2, 0.25) is 0 Å². The number of likely N-dealkylation sites (N-methyl/N-ethyl adjacent to an activating group) is 1. The molecule has 0 rings (SSSR count). The van der Waals surface area contributed by atoms with Gasteiger partial charge in [-0.05, 0) is 6.42 Å². The van der Waals surface area contributed by atoms with Gasteiger partial charge in [0.1, 0.15) is 19.3 Å². The number of aliphatic hydroxyl groups is 1. The highest BCUT2D eigenvalue weighted by Gasteiger charge is 2.27. The second-order valence-electron chi connectivity index (χ2n) is 10.9. The summed E-state index contributed by atoms with van der Waals surface area (Å²) in [6, 6.07) is 0. The highest BCUT2D eigenvalue weighted by atomic mass is 31.2. The van der Waals surface area contributed by atoms with Crippen LogP contribution in [-0.2, 0) is 18.5 Å². The van der Waals surface area contributed by atoms with E-state index < -0.39 is 26.6 Å². The maximum Gasteiger partial charge on any atom is 0.268 e. The van der Waals surface area contributed by atoms with Crippen LogP contribution in [0.3, 0.4) is 0 Å². The van der Waals surface area contributed by atoms with E-state index in [0.29, 0.717) is 17.4 Å². The molecule has 0 saturated heterocycles. The molecule has 8 nitrogen and oxygen atoms in total. The lowest BCUT2D eigenvalue weighted by Crippen LogP contribution is -2.38. The zero-order chi connectivity index (χ0) is 26.4. The van der Waals surface area contributed by atoms with Gasteiger partial charge in [-0.1, -0.05) is 110 Å². The van der Waals surface area contributed by atoms with E-state index in [9.17, 15) is 14.6 Å². The lowest BCUT2D eigenvalue weighted by atomic mass is 10.0. The van der Waals surface area contributed by atoms with E-state index >= 15 is 0 Å². The van der Waals surface area contributed by atoms with Crippen molar-refractivity contribution in [3.05, 3.63) is 0 Å². The molecule has 0 aliphatic rings. The summed E-state index contributed by atoms with van der Waals surface area (Å²) in [6.45, 7) is 2.21. The summed E-state index contributed by atoms with van der Waals surface area (Å²) in [6.07, 6.45) is 18.3. The van der Waals surface area contributed by atoms with Crippen LogP contribution in [0, 0.1) is 0 Å². The number of nitrogens with zero attached hydrogens (tertiary/aromatic N) is 1. The third-order valence-electron chi connectivity index (χ3n) is 6.35. The number of hydrogen-bond acceptors (Lipinski definition) is 7. The summed E-state index contributed by atoms with van der Waals surface area (Å²) < 4.78 is 22.8. The van der Waals surface area contributed by atoms with Gasteiger partial charge in [0, 0.05) is 0 Å². The largest absolute Gasteiger partial charge is 0.756 e. The summed E-state index contributed by atoms with van der Waals surface area (Å²) in [5.41, 5.74) is 0. The minimum absolute atomic E-state index is 0.000180. The molecule has 2 N–H and O–H groups in total. The summed E-state index contributed by atoms with van der Waals surface area (Å²) in [7, 11) is 1.23. The quantitative estimate of drug-likeness (QED) is 0.0464. The monoisotopic (exact) mass is 525 g/mol. The van der Waals surface area contributed by atoms with E-state index in [2.05, 4.69) is 11.8 Å². The number of quaternary nitrogens is 1.